The summed E-state index contributed by atoms with van der Waals surface area (Å²) in [5.41, 5.74) is 5.94. The van der Waals surface area contributed by atoms with Gasteiger partial charge in [0, 0.05) is 16.9 Å². The molecule has 0 aliphatic heterocycles. The minimum Gasteiger partial charge on any atom is -0.494 e. The molecule has 3 amide bonds. The van der Waals surface area contributed by atoms with Crippen LogP contribution in [0.5, 0.6) is 11.5 Å². The van der Waals surface area contributed by atoms with Crippen molar-refractivity contribution in [3.05, 3.63) is 83.4 Å². The van der Waals surface area contributed by atoms with Crippen LogP contribution in [0, 0.1) is 13.8 Å². The second kappa shape index (κ2) is 13.4. The number of amides is 3. The molecule has 0 aromatic heterocycles. The first-order valence-corrected chi connectivity index (χ1v) is 11.8. The van der Waals surface area contributed by atoms with E-state index in [-0.39, 0.29) is 12.5 Å². The molecule has 0 radical (unpaired) electrons. The fourth-order valence-corrected chi connectivity index (χ4v) is 3.36. The second-order valence-corrected chi connectivity index (χ2v) is 8.28. The lowest BCUT2D eigenvalue weighted by atomic mass is 10.1. The maximum atomic E-state index is 12.3. The van der Waals surface area contributed by atoms with E-state index in [2.05, 4.69) is 21.2 Å². The largest absolute Gasteiger partial charge is 0.494 e. The molecule has 0 saturated carbocycles. The molecule has 37 heavy (non-hydrogen) atoms. The van der Waals surface area contributed by atoms with Gasteiger partial charge < -0.3 is 20.1 Å². The Morgan fingerprint density at radius 3 is 2.24 bits per heavy atom. The predicted molar refractivity (Wildman–Crippen MR) is 143 cm³/mol. The number of benzene rings is 3. The highest BCUT2D eigenvalue weighted by Gasteiger charge is 2.13. The molecular weight excluding hydrogens is 472 g/mol. The summed E-state index contributed by atoms with van der Waals surface area (Å²) in [6, 6.07) is 19.4. The quantitative estimate of drug-likeness (QED) is 0.218. The Labute approximate surface area is 215 Å². The summed E-state index contributed by atoms with van der Waals surface area (Å²) in [6.07, 6.45) is 2.22. The van der Waals surface area contributed by atoms with Crippen LogP contribution in [-0.4, -0.2) is 37.1 Å². The zero-order valence-corrected chi connectivity index (χ0v) is 21.0. The first-order chi connectivity index (χ1) is 17.8. The number of carbonyl (C=O) groups is 3. The number of anilines is 2. The third-order valence-corrected chi connectivity index (χ3v) is 4.94. The van der Waals surface area contributed by atoms with Gasteiger partial charge in [0.15, 0.2) is 6.61 Å². The van der Waals surface area contributed by atoms with Crippen LogP contribution >= 0.6 is 0 Å². The molecular formula is C28H30N4O5. The Bertz CT molecular complexity index is 1250. The van der Waals surface area contributed by atoms with Gasteiger partial charge in [-0.05, 0) is 79.9 Å². The van der Waals surface area contributed by atoms with Crippen molar-refractivity contribution in [3.63, 3.8) is 0 Å². The Morgan fingerprint density at radius 2 is 1.54 bits per heavy atom. The van der Waals surface area contributed by atoms with Crippen molar-refractivity contribution in [2.45, 2.75) is 27.2 Å². The minimum absolute atomic E-state index is 0.213. The van der Waals surface area contributed by atoms with Crippen LogP contribution < -0.4 is 25.5 Å². The number of hydrazone groups is 1. The lowest BCUT2D eigenvalue weighted by molar-refractivity contribution is -0.136. The summed E-state index contributed by atoms with van der Waals surface area (Å²) in [7, 11) is 0. The fraction of sp³-hybridized carbons (Fsp3) is 0.214. The van der Waals surface area contributed by atoms with E-state index in [9.17, 15) is 14.4 Å². The molecule has 192 valence electrons. The van der Waals surface area contributed by atoms with Gasteiger partial charge in [0.05, 0.1) is 12.8 Å². The fourth-order valence-electron chi connectivity index (χ4n) is 3.36. The number of aryl methyl sites for hydroxylation is 2. The summed E-state index contributed by atoms with van der Waals surface area (Å²) in [6.45, 7) is 6.31. The van der Waals surface area contributed by atoms with E-state index in [1.165, 1.54) is 6.21 Å². The SMILES string of the molecule is CCCOc1ccc(NC(=O)C(=O)N/N=C\c2ccccc2OCC(=O)Nc2cc(C)cc(C)c2)cc1. The van der Waals surface area contributed by atoms with Crippen LogP contribution in [0.2, 0.25) is 0 Å². The maximum Gasteiger partial charge on any atom is 0.329 e. The smallest absolute Gasteiger partial charge is 0.329 e. The van der Waals surface area contributed by atoms with E-state index in [1.54, 1.807) is 48.5 Å². The monoisotopic (exact) mass is 502 g/mol. The van der Waals surface area contributed by atoms with Gasteiger partial charge in [-0.3, -0.25) is 14.4 Å². The van der Waals surface area contributed by atoms with E-state index >= 15 is 0 Å². The van der Waals surface area contributed by atoms with Crippen molar-refractivity contribution in [2.24, 2.45) is 5.10 Å². The molecule has 9 heteroatoms. The summed E-state index contributed by atoms with van der Waals surface area (Å²) in [5.74, 6) is -1.05. The molecule has 3 rings (SSSR count). The van der Waals surface area contributed by atoms with Gasteiger partial charge in [-0.2, -0.15) is 5.10 Å². The van der Waals surface area contributed by atoms with Crippen molar-refractivity contribution in [2.75, 3.05) is 23.8 Å². The molecule has 0 fully saturated rings. The minimum atomic E-state index is -0.936. The molecule has 0 heterocycles. The van der Waals surface area contributed by atoms with Gasteiger partial charge in [-0.25, -0.2) is 5.43 Å². The van der Waals surface area contributed by atoms with E-state index < -0.39 is 11.8 Å². The van der Waals surface area contributed by atoms with Gasteiger partial charge >= 0.3 is 11.8 Å². The van der Waals surface area contributed by atoms with Crippen LogP contribution in [-0.2, 0) is 14.4 Å². The zero-order chi connectivity index (χ0) is 26.6. The predicted octanol–water partition coefficient (Wildman–Crippen LogP) is 4.20. The topological polar surface area (TPSA) is 118 Å². The molecule has 3 aromatic rings. The molecule has 0 aliphatic carbocycles. The third kappa shape index (κ3) is 8.81. The molecule has 9 nitrogen and oxygen atoms in total. The summed E-state index contributed by atoms with van der Waals surface area (Å²) in [5, 5.41) is 9.15. The molecule has 3 aromatic carbocycles. The number of carbonyl (C=O) groups excluding carboxylic acids is 3. The lowest BCUT2D eigenvalue weighted by Crippen LogP contribution is -2.32. The molecule has 0 saturated heterocycles. The maximum absolute atomic E-state index is 12.3. The number of rotatable bonds is 10. The van der Waals surface area contributed by atoms with E-state index in [4.69, 9.17) is 9.47 Å². The number of nitrogens with one attached hydrogen (secondary N) is 3. The van der Waals surface area contributed by atoms with Gasteiger partial charge in [-0.1, -0.05) is 25.1 Å². The molecule has 0 aliphatic rings. The average molecular weight is 503 g/mol. The number of ether oxygens (including phenoxy) is 2. The number of nitrogens with zero attached hydrogens (tertiary/aromatic N) is 1. The van der Waals surface area contributed by atoms with Crippen LogP contribution in [0.1, 0.15) is 30.0 Å². The second-order valence-electron chi connectivity index (χ2n) is 8.28. The Kier molecular flexibility index (Phi) is 9.78. The van der Waals surface area contributed by atoms with Crippen molar-refractivity contribution >= 4 is 35.3 Å². The van der Waals surface area contributed by atoms with E-state index in [0.717, 1.165) is 17.5 Å². The molecule has 0 unspecified atom stereocenters. The summed E-state index contributed by atoms with van der Waals surface area (Å²) < 4.78 is 11.1. The Balaban J connectivity index is 1.50. The lowest BCUT2D eigenvalue weighted by Gasteiger charge is -2.10. The van der Waals surface area contributed by atoms with E-state index in [0.29, 0.717) is 35.0 Å². The number of hydrogen-bond acceptors (Lipinski definition) is 6. The highest BCUT2D eigenvalue weighted by Crippen LogP contribution is 2.18. The standard InChI is InChI=1S/C28H30N4O5/c1-4-13-36-24-11-9-22(10-12-24)31-27(34)28(35)32-29-17-21-7-5-6-8-25(21)37-18-26(33)30-23-15-19(2)14-20(3)16-23/h5-12,14-17H,4,13,18H2,1-3H3,(H,30,33)(H,31,34)(H,32,35)/b29-17-. The molecule has 3 N–H and O–H groups in total. The number of hydrogen-bond donors (Lipinski definition) is 3. The molecule has 0 spiro atoms. The van der Waals surface area contributed by atoms with Crippen LogP contribution in [0.25, 0.3) is 0 Å². The van der Waals surface area contributed by atoms with Crippen LogP contribution in [0.3, 0.4) is 0 Å². The van der Waals surface area contributed by atoms with Crippen molar-refractivity contribution in [1.29, 1.82) is 0 Å². The van der Waals surface area contributed by atoms with Crippen molar-refractivity contribution in [3.8, 4) is 11.5 Å². The van der Waals surface area contributed by atoms with Crippen molar-refractivity contribution < 1.29 is 23.9 Å². The first-order valence-electron chi connectivity index (χ1n) is 11.8. The van der Waals surface area contributed by atoms with Gasteiger partial charge in [0.25, 0.3) is 5.91 Å². The highest BCUT2D eigenvalue weighted by atomic mass is 16.5. The van der Waals surface area contributed by atoms with Gasteiger partial charge in [0.2, 0.25) is 0 Å². The Morgan fingerprint density at radius 1 is 0.838 bits per heavy atom. The zero-order valence-electron chi connectivity index (χ0n) is 21.0. The Hall–Kier alpha value is -4.66. The average Bonchev–Trinajstić information content (AvgIpc) is 2.87. The van der Waals surface area contributed by atoms with Crippen molar-refractivity contribution in [1.82, 2.24) is 5.43 Å². The first kappa shape index (κ1) is 26.9. The van der Waals surface area contributed by atoms with E-state index in [1.807, 2.05) is 39.0 Å². The van der Waals surface area contributed by atoms with Crippen LogP contribution in [0.4, 0.5) is 11.4 Å². The van der Waals surface area contributed by atoms with Crippen LogP contribution in [0.15, 0.2) is 71.8 Å². The number of para-hydroxylation sites is 1. The third-order valence-electron chi connectivity index (χ3n) is 4.94. The normalized spacial score (nSPS) is 10.6. The molecule has 0 bridgehead atoms. The van der Waals surface area contributed by atoms with Gasteiger partial charge in [0.1, 0.15) is 11.5 Å². The summed E-state index contributed by atoms with van der Waals surface area (Å²) in [4.78, 5) is 36.6. The molecule has 0 atom stereocenters. The highest BCUT2D eigenvalue weighted by molar-refractivity contribution is 6.39. The summed E-state index contributed by atoms with van der Waals surface area (Å²) >= 11 is 0. The van der Waals surface area contributed by atoms with Gasteiger partial charge in [-0.15, -0.1) is 0 Å².